The fraction of sp³-hybridized carbons (Fsp3) is 0.314. The number of hydrogen-bond acceptors (Lipinski definition) is 12. The predicted molar refractivity (Wildman–Crippen MR) is 181 cm³/mol. The van der Waals surface area contributed by atoms with Crippen molar-refractivity contribution in [1.29, 1.82) is 0 Å². The molecule has 11 nitrogen and oxygen atoms in total. The second-order valence-corrected chi connectivity index (χ2v) is 12.6. The van der Waals surface area contributed by atoms with Crippen LogP contribution in [0.2, 0.25) is 0 Å². The fourth-order valence-electron chi connectivity index (χ4n) is 7.55. The van der Waals surface area contributed by atoms with Gasteiger partial charge in [-0.15, -0.1) is 11.8 Å². The molecule has 1 aliphatic heterocycles. The minimum Gasteiger partial charge on any atom is -0.504 e. The van der Waals surface area contributed by atoms with Crippen LogP contribution in [0.5, 0.6) is 28.7 Å². The number of carbonyl (C=O) groups excluding carboxylic acids is 2. The number of Topliss-reactive ketones (excluding diaryl/α,β-unsaturated/α-hetero) is 1. The van der Waals surface area contributed by atoms with E-state index in [0.29, 0.717) is 76.7 Å². The first-order valence-electron chi connectivity index (χ1n) is 15.0. The van der Waals surface area contributed by atoms with Gasteiger partial charge < -0.3 is 34.1 Å². The molecule has 5 aromatic rings. The number of aromatic hydroxyl groups is 1. The van der Waals surface area contributed by atoms with E-state index in [1.54, 1.807) is 13.8 Å². The van der Waals surface area contributed by atoms with Gasteiger partial charge in [-0.1, -0.05) is 5.57 Å². The van der Waals surface area contributed by atoms with Gasteiger partial charge in [0.25, 0.3) is 0 Å². The number of nitrogens with one attached hydrogen (secondary N) is 1. The van der Waals surface area contributed by atoms with Crippen molar-refractivity contribution < 1.29 is 38.4 Å². The Bertz CT molecular complexity index is 2380. The number of thioether (sulfide) groups is 1. The Morgan fingerprint density at radius 3 is 2.19 bits per heavy atom. The molecule has 12 heteroatoms. The zero-order valence-electron chi connectivity index (χ0n) is 26.8. The Kier molecular flexibility index (Phi) is 7.05. The topological polar surface area (TPSA) is 147 Å². The molecule has 1 heterocycles. The highest BCUT2D eigenvalue weighted by atomic mass is 32.2. The van der Waals surface area contributed by atoms with Gasteiger partial charge in [0.1, 0.15) is 17.5 Å². The minimum atomic E-state index is -0.757. The number of allylic oxidation sites excluding steroid dienone is 2. The zero-order chi connectivity index (χ0) is 33.6. The standard InChI is InChI=1S/C35H31NO10S/c1-8-46-35(41)15-11-47-34-28(36-15)27-23-19-14(31(43-5)30(27)40)9-12(2)18(13(3)37)25-22(19)24-20(29(39)32(25)44-6)16(38)10-17(42-4)21(24)26(23)33(34)45-7/h10,15,36,39H,8-9,11H2,1-7H3. The van der Waals surface area contributed by atoms with E-state index in [0.717, 1.165) is 0 Å². The van der Waals surface area contributed by atoms with Crippen LogP contribution in [0.3, 0.4) is 0 Å². The lowest BCUT2D eigenvalue weighted by Crippen LogP contribution is -2.36. The Balaban J connectivity index is 1.90. The van der Waals surface area contributed by atoms with Crippen LogP contribution in [0.4, 0.5) is 5.69 Å². The first kappa shape index (κ1) is 30.7. The second kappa shape index (κ2) is 10.8. The number of phenols is 1. The first-order valence-corrected chi connectivity index (χ1v) is 15.9. The predicted octanol–water partition coefficient (Wildman–Crippen LogP) is 5.00. The summed E-state index contributed by atoms with van der Waals surface area (Å²) in [4.78, 5) is 55.5. The van der Waals surface area contributed by atoms with Gasteiger partial charge in [0.05, 0.1) is 56.4 Å². The normalized spacial score (nSPS) is 15.7. The van der Waals surface area contributed by atoms with Crippen LogP contribution in [0.15, 0.2) is 26.1 Å². The molecule has 47 heavy (non-hydrogen) atoms. The smallest absolute Gasteiger partial charge is 0.329 e. The number of ether oxygens (including phenoxy) is 5. The van der Waals surface area contributed by atoms with Crippen molar-refractivity contribution in [2.24, 2.45) is 0 Å². The van der Waals surface area contributed by atoms with Crippen LogP contribution in [0.1, 0.15) is 31.9 Å². The molecular formula is C35H31NO10S. The first-order chi connectivity index (χ1) is 22.6. The fourth-order valence-corrected chi connectivity index (χ4v) is 8.72. The lowest BCUT2D eigenvalue weighted by Gasteiger charge is -2.30. The molecule has 1 atom stereocenters. The Morgan fingerprint density at radius 2 is 1.57 bits per heavy atom. The Morgan fingerprint density at radius 1 is 0.894 bits per heavy atom. The van der Waals surface area contributed by atoms with Crippen LogP contribution in [0.25, 0.3) is 48.7 Å². The van der Waals surface area contributed by atoms with E-state index in [1.165, 1.54) is 53.2 Å². The summed E-state index contributed by atoms with van der Waals surface area (Å²) in [6.45, 7) is 5.12. The molecule has 242 valence electrons. The summed E-state index contributed by atoms with van der Waals surface area (Å²) in [5, 5.41) is 17.9. The average molecular weight is 658 g/mol. The van der Waals surface area contributed by atoms with Gasteiger partial charge in [0.2, 0.25) is 5.43 Å². The van der Waals surface area contributed by atoms with Crippen molar-refractivity contribution >= 4 is 77.9 Å². The molecule has 2 aliphatic rings. The molecule has 1 unspecified atom stereocenters. The summed E-state index contributed by atoms with van der Waals surface area (Å²) in [7, 11) is 5.71. The van der Waals surface area contributed by atoms with E-state index in [2.05, 4.69) is 5.32 Å². The van der Waals surface area contributed by atoms with Crippen molar-refractivity contribution in [2.45, 2.75) is 38.1 Å². The van der Waals surface area contributed by atoms with E-state index in [9.17, 15) is 24.3 Å². The number of fused-ring (bicyclic) bond motifs is 3. The second-order valence-electron chi connectivity index (χ2n) is 11.6. The summed E-state index contributed by atoms with van der Waals surface area (Å²) in [6, 6.07) is 0.528. The van der Waals surface area contributed by atoms with E-state index >= 15 is 0 Å². The molecule has 0 saturated carbocycles. The molecule has 0 amide bonds. The number of hydrogen-bond donors (Lipinski definition) is 2. The third-order valence-corrected chi connectivity index (χ3v) is 10.4. The molecule has 7 rings (SSSR count). The third kappa shape index (κ3) is 3.87. The summed E-state index contributed by atoms with van der Waals surface area (Å²) in [5.41, 5.74) is 1.14. The van der Waals surface area contributed by atoms with E-state index in [4.69, 9.17) is 23.7 Å². The number of ketones is 1. The Labute approximate surface area is 272 Å². The van der Waals surface area contributed by atoms with E-state index in [1.807, 2.05) is 0 Å². The van der Waals surface area contributed by atoms with E-state index in [-0.39, 0.29) is 46.8 Å². The van der Waals surface area contributed by atoms with Gasteiger partial charge in [-0.05, 0) is 32.6 Å². The molecule has 1 aliphatic carbocycles. The highest BCUT2D eigenvalue weighted by Gasteiger charge is 2.39. The largest absolute Gasteiger partial charge is 0.504 e. The highest BCUT2D eigenvalue weighted by molar-refractivity contribution is 7.99. The lowest BCUT2D eigenvalue weighted by atomic mass is 9.82. The third-order valence-electron chi connectivity index (χ3n) is 9.19. The summed E-state index contributed by atoms with van der Waals surface area (Å²) >= 11 is 1.33. The molecule has 0 saturated heterocycles. The highest BCUT2D eigenvalue weighted by Crippen LogP contribution is 2.59. The van der Waals surface area contributed by atoms with Crippen LogP contribution >= 0.6 is 11.8 Å². The molecule has 2 N–H and O–H groups in total. The van der Waals surface area contributed by atoms with Crippen molar-refractivity contribution in [3.8, 4) is 28.7 Å². The molecule has 0 radical (unpaired) electrons. The number of anilines is 1. The van der Waals surface area contributed by atoms with Gasteiger partial charge in [-0.3, -0.25) is 14.4 Å². The van der Waals surface area contributed by atoms with Crippen LogP contribution in [0, 0.1) is 0 Å². The number of methoxy groups -OCH3 is 4. The average Bonchev–Trinajstić information content (AvgIpc) is 3.17. The van der Waals surface area contributed by atoms with Gasteiger partial charge in [0.15, 0.2) is 28.5 Å². The van der Waals surface area contributed by atoms with Crippen molar-refractivity contribution in [2.75, 3.05) is 46.1 Å². The van der Waals surface area contributed by atoms with Crippen molar-refractivity contribution in [3.63, 3.8) is 0 Å². The molecule has 0 aromatic heterocycles. The van der Waals surface area contributed by atoms with Gasteiger partial charge in [0, 0.05) is 55.5 Å². The molecule has 0 spiro atoms. The minimum absolute atomic E-state index is 0.0262. The van der Waals surface area contributed by atoms with Crippen molar-refractivity contribution in [3.05, 3.63) is 43.2 Å². The molecule has 0 fully saturated rings. The van der Waals surface area contributed by atoms with Gasteiger partial charge >= 0.3 is 5.97 Å². The molecular weight excluding hydrogens is 626 g/mol. The number of esters is 1. The maximum Gasteiger partial charge on any atom is 0.329 e. The van der Waals surface area contributed by atoms with E-state index < -0.39 is 28.6 Å². The maximum absolute atomic E-state index is 14.7. The SMILES string of the molecule is CCOC(=O)C1CSc2c(c3c(=O)c(OC)c4c5c6c(c(OC)c(O)c7c(=O)cc(OC)c(c(c2OC)c35)c76)C(C(C)=O)=C(C)C4)N1. The lowest BCUT2D eigenvalue weighted by molar-refractivity contribution is -0.143. The summed E-state index contributed by atoms with van der Waals surface area (Å²) in [6.07, 6.45) is 0.148. The summed E-state index contributed by atoms with van der Waals surface area (Å²) < 4.78 is 28.9. The number of phenolic OH excluding ortho intramolecular Hbond substituents is 1. The number of rotatable bonds is 7. The molecule has 0 bridgehead atoms. The zero-order valence-corrected chi connectivity index (χ0v) is 27.6. The maximum atomic E-state index is 14.7. The van der Waals surface area contributed by atoms with Gasteiger partial charge in [-0.2, -0.15) is 0 Å². The summed E-state index contributed by atoms with van der Waals surface area (Å²) in [5.74, 6) is -0.284. The molecule has 5 aromatic carbocycles. The quantitative estimate of drug-likeness (QED) is 0.138. The van der Waals surface area contributed by atoms with Crippen molar-refractivity contribution in [1.82, 2.24) is 0 Å². The monoisotopic (exact) mass is 657 g/mol. The van der Waals surface area contributed by atoms with Crippen LogP contribution in [-0.4, -0.2) is 63.7 Å². The van der Waals surface area contributed by atoms with Crippen LogP contribution in [-0.2, 0) is 20.7 Å². The Hall–Kier alpha value is -4.97. The van der Waals surface area contributed by atoms with Crippen LogP contribution < -0.4 is 35.1 Å². The van der Waals surface area contributed by atoms with Gasteiger partial charge in [-0.25, -0.2) is 4.79 Å². The number of carbonyl (C=O) groups is 2. The number of benzene rings is 5.